The molecule has 2 heterocycles. The summed E-state index contributed by atoms with van der Waals surface area (Å²) in [4.78, 5) is 18.4. The van der Waals surface area contributed by atoms with Gasteiger partial charge in [-0.05, 0) is 18.6 Å². The van der Waals surface area contributed by atoms with Crippen LogP contribution in [0, 0.1) is 5.92 Å². The molecule has 2 atom stereocenters. The molecule has 2 aliphatic rings. The predicted molar refractivity (Wildman–Crippen MR) is 110 cm³/mol. The Balaban J connectivity index is 1.92. The van der Waals surface area contributed by atoms with E-state index in [0.717, 1.165) is 24.3 Å². The molecule has 3 rings (SSSR count). The average Bonchev–Trinajstić information content (AvgIpc) is 3.06. The molecule has 0 aliphatic carbocycles. The van der Waals surface area contributed by atoms with E-state index in [1.54, 1.807) is 0 Å². The number of unbranched alkanes of at least 4 members (excludes halogenated alkanes) is 1. The Morgan fingerprint density at radius 3 is 2.85 bits per heavy atom. The SMILES string of the molecule is CCCCOc1cccc(N2C(=NC(=O)C(C)C)S[C@@H]3CS(=O)(=O)C[C@H]32)c1. The van der Waals surface area contributed by atoms with Crippen LogP contribution in [0.5, 0.6) is 5.75 Å². The van der Waals surface area contributed by atoms with Crippen molar-refractivity contribution in [2.45, 2.75) is 44.9 Å². The van der Waals surface area contributed by atoms with E-state index < -0.39 is 9.84 Å². The number of amides is 1. The number of carbonyl (C=O) groups is 1. The molecule has 1 amide bonds. The van der Waals surface area contributed by atoms with E-state index in [4.69, 9.17) is 4.74 Å². The van der Waals surface area contributed by atoms with Crippen LogP contribution in [0.4, 0.5) is 5.69 Å². The van der Waals surface area contributed by atoms with Crippen molar-refractivity contribution in [2.75, 3.05) is 23.0 Å². The minimum atomic E-state index is -3.08. The Kier molecular flexibility index (Phi) is 6.15. The number of carbonyl (C=O) groups excluding carboxylic acids is 1. The fourth-order valence-corrected chi connectivity index (χ4v) is 7.07. The first-order valence-electron chi connectivity index (χ1n) is 9.32. The van der Waals surface area contributed by atoms with Crippen molar-refractivity contribution in [2.24, 2.45) is 10.9 Å². The van der Waals surface area contributed by atoms with Crippen molar-refractivity contribution in [1.29, 1.82) is 0 Å². The van der Waals surface area contributed by atoms with E-state index in [0.29, 0.717) is 11.8 Å². The summed E-state index contributed by atoms with van der Waals surface area (Å²) in [6.07, 6.45) is 2.03. The fourth-order valence-electron chi connectivity index (χ4n) is 3.15. The summed E-state index contributed by atoms with van der Waals surface area (Å²) in [5, 5.41) is 0.489. The summed E-state index contributed by atoms with van der Waals surface area (Å²) >= 11 is 1.39. The maximum absolute atomic E-state index is 12.2. The number of hydrogen-bond donors (Lipinski definition) is 0. The lowest BCUT2D eigenvalue weighted by Crippen LogP contribution is -2.37. The Morgan fingerprint density at radius 1 is 1.37 bits per heavy atom. The number of rotatable bonds is 6. The monoisotopic (exact) mass is 410 g/mol. The third kappa shape index (κ3) is 4.66. The Labute approximate surface area is 165 Å². The lowest BCUT2D eigenvalue weighted by atomic mass is 10.2. The van der Waals surface area contributed by atoms with Gasteiger partial charge in [-0.1, -0.05) is 45.0 Å². The zero-order valence-electron chi connectivity index (χ0n) is 15.9. The number of thioether (sulfide) groups is 1. The number of fused-ring (bicyclic) bond motifs is 1. The zero-order valence-corrected chi connectivity index (χ0v) is 17.6. The van der Waals surface area contributed by atoms with E-state index in [9.17, 15) is 13.2 Å². The number of hydrogen-bond acceptors (Lipinski definition) is 5. The van der Waals surface area contributed by atoms with Gasteiger partial charge in [-0.25, -0.2) is 8.42 Å². The number of sulfone groups is 1. The molecule has 1 aromatic carbocycles. The van der Waals surface area contributed by atoms with Crippen molar-refractivity contribution in [3.05, 3.63) is 24.3 Å². The number of benzene rings is 1. The van der Waals surface area contributed by atoms with Crippen LogP contribution < -0.4 is 9.64 Å². The van der Waals surface area contributed by atoms with Crippen LogP contribution >= 0.6 is 11.8 Å². The molecule has 2 saturated heterocycles. The highest BCUT2D eigenvalue weighted by Gasteiger charge is 2.49. The summed E-state index contributed by atoms with van der Waals surface area (Å²) in [7, 11) is -3.08. The molecule has 27 heavy (non-hydrogen) atoms. The molecule has 2 fully saturated rings. The Bertz CT molecular complexity index is 836. The number of aliphatic imine (C=N–C) groups is 1. The normalized spacial score (nSPS) is 25.2. The first-order valence-corrected chi connectivity index (χ1v) is 12.0. The van der Waals surface area contributed by atoms with E-state index >= 15 is 0 Å². The second-order valence-corrected chi connectivity index (χ2v) is 10.6. The summed E-state index contributed by atoms with van der Waals surface area (Å²) in [5.74, 6) is 0.555. The van der Waals surface area contributed by atoms with Gasteiger partial charge < -0.3 is 9.64 Å². The summed E-state index contributed by atoms with van der Waals surface area (Å²) in [6.45, 7) is 6.37. The molecule has 6 nitrogen and oxygen atoms in total. The Morgan fingerprint density at radius 2 is 2.15 bits per heavy atom. The van der Waals surface area contributed by atoms with Gasteiger partial charge in [0, 0.05) is 22.9 Å². The number of anilines is 1. The molecule has 0 saturated carbocycles. The van der Waals surface area contributed by atoms with Gasteiger partial charge in [0.25, 0.3) is 5.91 Å². The van der Waals surface area contributed by atoms with Gasteiger partial charge in [0.15, 0.2) is 15.0 Å². The van der Waals surface area contributed by atoms with E-state index in [1.807, 2.05) is 43.0 Å². The topological polar surface area (TPSA) is 76.0 Å². The van der Waals surface area contributed by atoms with Gasteiger partial charge in [0.2, 0.25) is 0 Å². The third-order valence-corrected chi connectivity index (χ3v) is 7.84. The molecule has 8 heteroatoms. The smallest absolute Gasteiger partial charge is 0.250 e. The molecule has 0 radical (unpaired) electrons. The summed E-state index contributed by atoms with van der Waals surface area (Å²) in [6, 6.07) is 7.39. The van der Waals surface area contributed by atoms with Gasteiger partial charge in [0.1, 0.15) is 5.75 Å². The van der Waals surface area contributed by atoms with Crippen molar-refractivity contribution >= 4 is 38.4 Å². The minimum absolute atomic E-state index is 0.0838. The molecular formula is C19H26N2O4S2. The van der Waals surface area contributed by atoms with E-state index in [2.05, 4.69) is 11.9 Å². The largest absolute Gasteiger partial charge is 0.494 e. The lowest BCUT2D eigenvalue weighted by molar-refractivity contribution is -0.120. The van der Waals surface area contributed by atoms with Crippen LogP contribution in [0.2, 0.25) is 0 Å². The first kappa shape index (κ1) is 20.2. The fraction of sp³-hybridized carbons (Fsp3) is 0.579. The minimum Gasteiger partial charge on any atom is -0.494 e. The van der Waals surface area contributed by atoms with E-state index in [1.165, 1.54) is 11.8 Å². The zero-order chi connectivity index (χ0) is 19.6. The van der Waals surface area contributed by atoms with Gasteiger partial charge in [0.05, 0.1) is 24.2 Å². The average molecular weight is 411 g/mol. The van der Waals surface area contributed by atoms with E-state index in [-0.39, 0.29) is 34.6 Å². The van der Waals surface area contributed by atoms with Crippen LogP contribution in [-0.2, 0) is 14.6 Å². The highest BCUT2D eigenvalue weighted by atomic mass is 32.2. The number of nitrogens with zero attached hydrogens (tertiary/aromatic N) is 2. The summed E-state index contributed by atoms with van der Waals surface area (Å²) in [5.41, 5.74) is 0.816. The molecule has 0 N–H and O–H groups in total. The molecule has 2 aliphatic heterocycles. The highest BCUT2D eigenvalue weighted by molar-refractivity contribution is 8.16. The van der Waals surface area contributed by atoms with Crippen LogP contribution in [-0.4, -0.2) is 48.9 Å². The van der Waals surface area contributed by atoms with Crippen molar-refractivity contribution in [3.63, 3.8) is 0 Å². The second-order valence-electron chi connectivity index (χ2n) is 7.26. The predicted octanol–water partition coefficient (Wildman–Crippen LogP) is 3.12. The van der Waals surface area contributed by atoms with Gasteiger partial charge in [-0.3, -0.25) is 4.79 Å². The lowest BCUT2D eigenvalue weighted by Gasteiger charge is -2.25. The maximum Gasteiger partial charge on any atom is 0.250 e. The standard InChI is InChI=1S/C19H26N2O4S2/c1-4-5-9-25-15-8-6-7-14(10-15)21-16-11-27(23,24)12-17(16)26-19(21)20-18(22)13(2)3/h6-8,10,13,16-17H,4-5,9,11-12H2,1-3H3/t16-,17-/m1/s1. The van der Waals surface area contributed by atoms with Crippen molar-refractivity contribution < 1.29 is 17.9 Å². The Hall–Kier alpha value is -1.54. The maximum atomic E-state index is 12.2. The molecule has 0 bridgehead atoms. The number of amidine groups is 1. The van der Waals surface area contributed by atoms with Crippen LogP contribution in [0.15, 0.2) is 29.3 Å². The molecule has 148 valence electrons. The molecular weight excluding hydrogens is 384 g/mol. The molecule has 0 spiro atoms. The third-order valence-electron chi connectivity index (χ3n) is 4.63. The highest BCUT2D eigenvalue weighted by Crippen LogP contribution is 2.41. The number of ether oxygens (including phenoxy) is 1. The quantitative estimate of drug-likeness (QED) is 0.671. The van der Waals surface area contributed by atoms with Gasteiger partial charge >= 0.3 is 0 Å². The van der Waals surface area contributed by atoms with Crippen LogP contribution in [0.1, 0.15) is 33.6 Å². The molecule has 0 unspecified atom stereocenters. The molecule has 1 aromatic rings. The second kappa shape index (κ2) is 8.22. The first-order chi connectivity index (χ1) is 12.8. The van der Waals surface area contributed by atoms with Gasteiger partial charge in [-0.15, -0.1) is 0 Å². The van der Waals surface area contributed by atoms with Crippen LogP contribution in [0.25, 0.3) is 0 Å². The van der Waals surface area contributed by atoms with Gasteiger partial charge in [-0.2, -0.15) is 4.99 Å². The van der Waals surface area contributed by atoms with Crippen molar-refractivity contribution in [1.82, 2.24) is 0 Å². The van der Waals surface area contributed by atoms with Crippen molar-refractivity contribution in [3.8, 4) is 5.75 Å². The molecule has 0 aromatic heterocycles. The summed E-state index contributed by atoms with van der Waals surface area (Å²) < 4.78 is 30.1. The van der Waals surface area contributed by atoms with Crippen LogP contribution in [0.3, 0.4) is 0 Å².